The van der Waals surface area contributed by atoms with Crippen molar-refractivity contribution < 1.29 is 4.74 Å². The topological polar surface area (TPSA) is 82.6 Å². The second-order valence-corrected chi connectivity index (χ2v) is 7.60. The Morgan fingerprint density at radius 1 is 1.07 bits per heavy atom. The molecule has 0 aromatic carbocycles. The lowest BCUT2D eigenvalue weighted by Gasteiger charge is -2.36. The number of imidazole rings is 1. The molecule has 0 spiro atoms. The maximum absolute atomic E-state index is 9.62. The molecule has 29 heavy (non-hydrogen) atoms. The summed E-state index contributed by atoms with van der Waals surface area (Å²) < 4.78 is 7.42. The lowest BCUT2D eigenvalue weighted by molar-refractivity contribution is 0.109. The average molecular weight is 389 g/mol. The molecule has 0 unspecified atom stereocenters. The van der Waals surface area contributed by atoms with E-state index in [0.717, 1.165) is 72.5 Å². The summed E-state index contributed by atoms with van der Waals surface area (Å²) in [7, 11) is 0. The monoisotopic (exact) mass is 389 g/mol. The molecule has 148 valence electrons. The first-order valence-corrected chi connectivity index (χ1v) is 9.97. The van der Waals surface area contributed by atoms with Crippen LogP contribution in [0.2, 0.25) is 0 Å². The predicted molar refractivity (Wildman–Crippen MR) is 109 cm³/mol. The van der Waals surface area contributed by atoms with Crippen molar-refractivity contribution in [2.75, 3.05) is 42.6 Å². The van der Waals surface area contributed by atoms with Gasteiger partial charge in [-0.05, 0) is 32.0 Å². The molecule has 0 radical (unpaired) electrons. The van der Waals surface area contributed by atoms with Gasteiger partial charge >= 0.3 is 0 Å². The van der Waals surface area contributed by atoms with Crippen LogP contribution in [0.15, 0.2) is 18.2 Å². The second kappa shape index (κ2) is 7.01. The standard InChI is InChI=1S/C21H23N7O/c1-14-15(2)28-19(23-14)3-4-20(25-28)26-6-8-27(9-7-26)21-16(12-22)11-17-13-29-10-5-18(17)24-21/h3-4,11H,5-10,13H2,1-2H3. The van der Waals surface area contributed by atoms with E-state index in [-0.39, 0.29) is 0 Å². The van der Waals surface area contributed by atoms with Gasteiger partial charge in [0.15, 0.2) is 5.65 Å². The van der Waals surface area contributed by atoms with E-state index < -0.39 is 0 Å². The van der Waals surface area contributed by atoms with E-state index in [0.29, 0.717) is 18.8 Å². The molecule has 2 aliphatic heterocycles. The fourth-order valence-corrected chi connectivity index (χ4v) is 4.06. The highest BCUT2D eigenvalue weighted by molar-refractivity contribution is 5.58. The van der Waals surface area contributed by atoms with Crippen LogP contribution in [0.4, 0.5) is 11.6 Å². The van der Waals surface area contributed by atoms with E-state index in [1.807, 2.05) is 36.6 Å². The van der Waals surface area contributed by atoms with Crippen LogP contribution in [-0.4, -0.2) is 52.4 Å². The average Bonchev–Trinajstić information content (AvgIpc) is 3.06. The third-order valence-electron chi connectivity index (χ3n) is 5.86. The number of hydrogen-bond donors (Lipinski definition) is 0. The quantitative estimate of drug-likeness (QED) is 0.663. The Morgan fingerprint density at radius 3 is 2.66 bits per heavy atom. The Morgan fingerprint density at radius 2 is 1.86 bits per heavy atom. The van der Waals surface area contributed by atoms with Crippen LogP contribution in [0.1, 0.15) is 28.2 Å². The number of rotatable bonds is 2. The van der Waals surface area contributed by atoms with Gasteiger partial charge < -0.3 is 14.5 Å². The molecular formula is C21H23N7O. The van der Waals surface area contributed by atoms with Crippen molar-refractivity contribution in [2.45, 2.75) is 26.9 Å². The van der Waals surface area contributed by atoms with Gasteiger partial charge in [0.05, 0.1) is 35.9 Å². The van der Waals surface area contributed by atoms with Crippen LogP contribution in [0, 0.1) is 25.2 Å². The van der Waals surface area contributed by atoms with Crippen molar-refractivity contribution in [3.05, 3.63) is 46.4 Å². The molecule has 0 atom stereocenters. The minimum absolute atomic E-state index is 0.548. The Balaban J connectivity index is 1.37. The molecule has 2 aliphatic rings. The highest BCUT2D eigenvalue weighted by Gasteiger charge is 2.24. The van der Waals surface area contributed by atoms with Gasteiger partial charge in [-0.25, -0.2) is 14.5 Å². The van der Waals surface area contributed by atoms with E-state index in [2.05, 4.69) is 20.9 Å². The molecule has 3 aromatic rings. The molecular weight excluding hydrogens is 366 g/mol. The van der Waals surface area contributed by atoms with Gasteiger partial charge in [-0.15, -0.1) is 5.10 Å². The highest BCUT2D eigenvalue weighted by atomic mass is 16.5. The summed E-state index contributed by atoms with van der Waals surface area (Å²) >= 11 is 0. The number of ether oxygens (including phenoxy) is 1. The van der Waals surface area contributed by atoms with Crippen molar-refractivity contribution in [2.24, 2.45) is 0 Å². The fraction of sp³-hybridized carbons (Fsp3) is 0.429. The molecule has 8 heteroatoms. The van der Waals surface area contributed by atoms with Crippen LogP contribution in [0.25, 0.3) is 5.65 Å². The summed E-state index contributed by atoms with van der Waals surface area (Å²) in [6.07, 6.45) is 0.807. The van der Waals surface area contributed by atoms with Crippen LogP contribution in [0.5, 0.6) is 0 Å². The molecule has 0 aliphatic carbocycles. The third-order valence-corrected chi connectivity index (χ3v) is 5.86. The number of nitriles is 1. The van der Waals surface area contributed by atoms with E-state index >= 15 is 0 Å². The SMILES string of the molecule is Cc1nc2ccc(N3CCN(c4nc5c(cc4C#N)COCC5)CC3)nn2c1C. The molecule has 8 nitrogen and oxygen atoms in total. The summed E-state index contributed by atoms with van der Waals surface area (Å²) in [6.45, 7) is 8.56. The van der Waals surface area contributed by atoms with Gasteiger partial charge in [0.25, 0.3) is 0 Å². The molecule has 1 saturated heterocycles. The van der Waals surface area contributed by atoms with Gasteiger partial charge in [-0.3, -0.25) is 0 Å². The van der Waals surface area contributed by atoms with Crippen molar-refractivity contribution in [3.63, 3.8) is 0 Å². The first-order valence-electron chi connectivity index (χ1n) is 9.97. The van der Waals surface area contributed by atoms with Crippen LogP contribution in [0.3, 0.4) is 0 Å². The molecule has 0 bridgehead atoms. The fourth-order valence-electron chi connectivity index (χ4n) is 4.06. The van der Waals surface area contributed by atoms with E-state index in [4.69, 9.17) is 14.8 Å². The van der Waals surface area contributed by atoms with Gasteiger partial charge in [-0.2, -0.15) is 5.26 Å². The molecule has 5 heterocycles. The van der Waals surface area contributed by atoms with Crippen molar-refractivity contribution in [1.29, 1.82) is 5.26 Å². The van der Waals surface area contributed by atoms with Crippen molar-refractivity contribution >= 4 is 17.3 Å². The number of hydrogen-bond acceptors (Lipinski definition) is 7. The smallest absolute Gasteiger partial charge is 0.154 e. The van der Waals surface area contributed by atoms with Gasteiger partial charge in [0.1, 0.15) is 17.7 Å². The second-order valence-electron chi connectivity index (χ2n) is 7.60. The summed E-state index contributed by atoms with van der Waals surface area (Å²) in [5, 5.41) is 14.4. The van der Waals surface area contributed by atoms with Gasteiger partial charge in [0.2, 0.25) is 0 Å². The van der Waals surface area contributed by atoms with Crippen LogP contribution >= 0.6 is 0 Å². The Labute approximate surface area is 169 Å². The number of fused-ring (bicyclic) bond motifs is 2. The van der Waals surface area contributed by atoms with E-state index in [1.54, 1.807) is 0 Å². The largest absolute Gasteiger partial charge is 0.376 e. The van der Waals surface area contributed by atoms with Crippen LogP contribution in [-0.2, 0) is 17.8 Å². The highest BCUT2D eigenvalue weighted by Crippen LogP contribution is 2.26. The molecule has 5 rings (SSSR count). The molecule has 0 N–H and O–H groups in total. The Hall–Kier alpha value is -3.18. The molecule has 1 fully saturated rings. The van der Waals surface area contributed by atoms with E-state index in [1.165, 1.54) is 0 Å². The van der Waals surface area contributed by atoms with Gasteiger partial charge in [0, 0.05) is 38.2 Å². The summed E-state index contributed by atoms with van der Waals surface area (Å²) in [5.74, 6) is 1.76. The number of aromatic nitrogens is 4. The first kappa shape index (κ1) is 17.9. The lowest BCUT2D eigenvalue weighted by Crippen LogP contribution is -2.47. The normalized spacial score (nSPS) is 16.7. The maximum Gasteiger partial charge on any atom is 0.154 e. The maximum atomic E-state index is 9.62. The predicted octanol–water partition coefficient (Wildman–Crippen LogP) is 2.01. The van der Waals surface area contributed by atoms with Crippen LogP contribution < -0.4 is 9.80 Å². The van der Waals surface area contributed by atoms with Crippen molar-refractivity contribution in [1.82, 2.24) is 19.6 Å². The number of pyridine rings is 1. The van der Waals surface area contributed by atoms with Crippen molar-refractivity contribution in [3.8, 4) is 6.07 Å². The summed E-state index contributed by atoms with van der Waals surface area (Å²) in [6, 6.07) is 8.33. The zero-order chi connectivity index (χ0) is 20.0. The number of nitrogens with zero attached hydrogens (tertiary/aromatic N) is 7. The lowest BCUT2D eigenvalue weighted by atomic mass is 10.1. The zero-order valence-corrected chi connectivity index (χ0v) is 16.7. The first-order chi connectivity index (χ1) is 14.1. The number of anilines is 2. The molecule has 3 aromatic heterocycles. The molecule has 0 amide bonds. The molecule has 0 saturated carbocycles. The number of piperazine rings is 1. The minimum Gasteiger partial charge on any atom is -0.376 e. The minimum atomic E-state index is 0.548. The summed E-state index contributed by atoms with van der Waals surface area (Å²) in [5.41, 5.74) is 5.69. The van der Waals surface area contributed by atoms with E-state index in [9.17, 15) is 5.26 Å². The Bertz CT molecular complexity index is 1120. The Kier molecular flexibility index (Phi) is 4.32. The number of aryl methyl sites for hydroxylation is 2. The zero-order valence-electron chi connectivity index (χ0n) is 16.7. The van der Waals surface area contributed by atoms with Gasteiger partial charge in [-0.1, -0.05) is 0 Å². The summed E-state index contributed by atoms with van der Waals surface area (Å²) in [4.78, 5) is 13.9. The third kappa shape index (κ3) is 3.08.